The number of carboxylic acid groups (broad SMARTS) is 1. The van der Waals surface area contributed by atoms with Crippen LogP contribution in [0.4, 0.5) is 0 Å². The van der Waals surface area contributed by atoms with Crippen molar-refractivity contribution in [1.29, 1.82) is 0 Å². The Labute approximate surface area is 163 Å². The number of hydrogen-bond donors (Lipinski definition) is 2. The maximum absolute atomic E-state index is 11.2. The van der Waals surface area contributed by atoms with Crippen molar-refractivity contribution in [2.24, 2.45) is 0 Å². The summed E-state index contributed by atoms with van der Waals surface area (Å²) in [5, 5.41) is 18.5. The third-order valence-corrected chi connectivity index (χ3v) is 4.28. The molecule has 0 fully saturated rings. The van der Waals surface area contributed by atoms with E-state index >= 15 is 0 Å². The monoisotopic (exact) mass is 378 g/mol. The molecule has 0 aliphatic carbocycles. The zero-order valence-corrected chi connectivity index (χ0v) is 15.4. The number of phenols is 1. The Hall–Kier alpha value is -3.47. The largest absolute Gasteiger partial charge is 0.508 e. The van der Waals surface area contributed by atoms with Gasteiger partial charge in [0.15, 0.2) is 0 Å². The summed E-state index contributed by atoms with van der Waals surface area (Å²) in [5.41, 5.74) is 2.07. The van der Waals surface area contributed by atoms with Crippen molar-refractivity contribution in [1.82, 2.24) is 0 Å². The Balaban J connectivity index is 1.45. The van der Waals surface area contributed by atoms with Crippen molar-refractivity contribution in [2.45, 2.75) is 19.4 Å². The molecule has 0 aliphatic heterocycles. The first-order chi connectivity index (χ1) is 13.6. The van der Waals surface area contributed by atoms with Crippen LogP contribution in [0.25, 0.3) is 0 Å². The van der Waals surface area contributed by atoms with Gasteiger partial charge in [0.1, 0.15) is 23.9 Å². The summed E-state index contributed by atoms with van der Waals surface area (Å²) >= 11 is 0. The molecular formula is C23H22O5. The lowest BCUT2D eigenvalue weighted by Gasteiger charge is -2.10. The molecule has 0 spiro atoms. The highest BCUT2D eigenvalue weighted by molar-refractivity contribution is 5.89. The van der Waals surface area contributed by atoms with Gasteiger partial charge in [0, 0.05) is 5.56 Å². The van der Waals surface area contributed by atoms with Crippen LogP contribution in [-0.4, -0.2) is 22.8 Å². The molecule has 3 aromatic carbocycles. The number of rotatable bonds is 9. The molecule has 5 nitrogen and oxygen atoms in total. The van der Waals surface area contributed by atoms with Gasteiger partial charge in [-0.05, 0) is 60.9 Å². The Morgan fingerprint density at radius 2 is 1.46 bits per heavy atom. The molecule has 0 amide bonds. The Kier molecular flexibility index (Phi) is 6.52. The van der Waals surface area contributed by atoms with Gasteiger partial charge in [-0.15, -0.1) is 0 Å². The fourth-order valence-corrected chi connectivity index (χ4v) is 2.78. The van der Waals surface area contributed by atoms with Crippen LogP contribution in [0.3, 0.4) is 0 Å². The summed E-state index contributed by atoms with van der Waals surface area (Å²) in [4.78, 5) is 11.2. The highest BCUT2D eigenvalue weighted by Crippen LogP contribution is 2.18. The summed E-state index contributed by atoms with van der Waals surface area (Å²) in [7, 11) is 0. The summed E-state index contributed by atoms with van der Waals surface area (Å²) in [6, 6.07) is 21.3. The standard InChI is InChI=1S/C23H22O5/c24-19-9-13-20(14-10-19)27-15-3-4-17-7-11-21(12-8-17)28-16-18-5-1-2-6-22(18)23(25)26/h1-2,5-14,24H,3-4,15-16H2,(H,25,26). The zero-order valence-electron chi connectivity index (χ0n) is 15.4. The van der Waals surface area contributed by atoms with Gasteiger partial charge in [-0.2, -0.15) is 0 Å². The van der Waals surface area contributed by atoms with Gasteiger partial charge in [-0.25, -0.2) is 4.79 Å². The average Bonchev–Trinajstić information content (AvgIpc) is 2.72. The number of aromatic hydroxyl groups is 1. The van der Waals surface area contributed by atoms with Gasteiger partial charge in [0.05, 0.1) is 12.2 Å². The van der Waals surface area contributed by atoms with E-state index < -0.39 is 5.97 Å². The van der Waals surface area contributed by atoms with Crippen molar-refractivity contribution < 1.29 is 24.5 Å². The predicted molar refractivity (Wildman–Crippen MR) is 106 cm³/mol. The van der Waals surface area contributed by atoms with Crippen molar-refractivity contribution in [3.8, 4) is 17.2 Å². The lowest BCUT2D eigenvalue weighted by molar-refractivity contribution is 0.0694. The molecule has 0 aromatic heterocycles. The van der Waals surface area contributed by atoms with E-state index in [-0.39, 0.29) is 17.9 Å². The molecule has 0 atom stereocenters. The molecule has 2 N–H and O–H groups in total. The van der Waals surface area contributed by atoms with E-state index in [0.29, 0.717) is 17.9 Å². The molecule has 0 saturated carbocycles. The highest BCUT2D eigenvalue weighted by atomic mass is 16.5. The van der Waals surface area contributed by atoms with E-state index in [1.165, 1.54) is 5.56 Å². The smallest absolute Gasteiger partial charge is 0.336 e. The van der Waals surface area contributed by atoms with Crippen LogP contribution in [0.1, 0.15) is 27.9 Å². The van der Waals surface area contributed by atoms with Crippen LogP contribution in [0.5, 0.6) is 17.2 Å². The summed E-state index contributed by atoms with van der Waals surface area (Å²) < 4.78 is 11.4. The topological polar surface area (TPSA) is 76.0 Å². The van der Waals surface area contributed by atoms with Crippen molar-refractivity contribution in [3.63, 3.8) is 0 Å². The number of carboxylic acids is 1. The van der Waals surface area contributed by atoms with E-state index in [4.69, 9.17) is 9.47 Å². The van der Waals surface area contributed by atoms with Crippen LogP contribution >= 0.6 is 0 Å². The molecule has 0 radical (unpaired) electrons. The van der Waals surface area contributed by atoms with Crippen LogP contribution in [0, 0.1) is 0 Å². The molecular weight excluding hydrogens is 356 g/mol. The molecule has 0 bridgehead atoms. The highest BCUT2D eigenvalue weighted by Gasteiger charge is 2.09. The minimum atomic E-state index is -0.955. The first-order valence-electron chi connectivity index (χ1n) is 9.06. The second-order valence-corrected chi connectivity index (χ2v) is 6.34. The summed E-state index contributed by atoms with van der Waals surface area (Å²) in [6.07, 6.45) is 1.74. The van der Waals surface area contributed by atoms with Gasteiger partial charge >= 0.3 is 5.97 Å². The third kappa shape index (κ3) is 5.51. The quantitative estimate of drug-likeness (QED) is 0.529. The predicted octanol–water partition coefficient (Wildman–Crippen LogP) is 4.68. The van der Waals surface area contributed by atoms with E-state index in [9.17, 15) is 15.0 Å². The van der Waals surface area contributed by atoms with Gasteiger partial charge in [-0.1, -0.05) is 30.3 Å². The van der Waals surface area contributed by atoms with E-state index in [1.807, 2.05) is 24.3 Å². The second kappa shape index (κ2) is 9.46. The minimum Gasteiger partial charge on any atom is -0.508 e. The Morgan fingerprint density at radius 3 is 2.18 bits per heavy atom. The van der Waals surface area contributed by atoms with Crippen molar-refractivity contribution in [3.05, 3.63) is 89.5 Å². The summed E-state index contributed by atoms with van der Waals surface area (Å²) in [5.74, 6) is 0.706. The van der Waals surface area contributed by atoms with E-state index in [2.05, 4.69) is 0 Å². The normalized spacial score (nSPS) is 10.4. The third-order valence-electron chi connectivity index (χ3n) is 4.28. The molecule has 3 rings (SSSR count). The lowest BCUT2D eigenvalue weighted by atomic mass is 10.1. The number of carbonyl (C=O) groups is 1. The maximum Gasteiger partial charge on any atom is 0.336 e. The maximum atomic E-state index is 11.2. The van der Waals surface area contributed by atoms with E-state index in [0.717, 1.165) is 18.6 Å². The minimum absolute atomic E-state index is 0.211. The fraction of sp³-hybridized carbons (Fsp3) is 0.174. The first kappa shape index (κ1) is 19.3. The van der Waals surface area contributed by atoms with Crippen LogP contribution < -0.4 is 9.47 Å². The van der Waals surface area contributed by atoms with Crippen LogP contribution in [0.2, 0.25) is 0 Å². The zero-order chi connectivity index (χ0) is 19.8. The van der Waals surface area contributed by atoms with E-state index in [1.54, 1.807) is 48.5 Å². The average molecular weight is 378 g/mol. The number of aromatic carboxylic acids is 1. The van der Waals surface area contributed by atoms with Gasteiger partial charge in [-0.3, -0.25) is 0 Å². The summed E-state index contributed by atoms with van der Waals surface area (Å²) in [6.45, 7) is 0.803. The number of aryl methyl sites for hydroxylation is 1. The van der Waals surface area contributed by atoms with Gasteiger partial charge < -0.3 is 19.7 Å². The number of benzene rings is 3. The molecule has 0 saturated heterocycles. The molecule has 28 heavy (non-hydrogen) atoms. The Bertz CT molecular complexity index is 901. The van der Waals surface area contributed by atoms with Gasteiger partial charge in [0.25, 0.3) is 0 Å². The molecule has 0 aliphatic rings. The van der Waals surface area contributed by atoms with Crippen LogP contribution in [0.15, 0.2) is 72.8 Å². The van der Waals surface area contributed by atoms with Gasteiger partial charge in [0.2, 0.25) is 0 Å². The van der Waals surface area contributed by atoms with Crippen molar-refractivity contribution in [2.75, 3.05) is 6.61 Å². The first-order valence-corrected chi connectivity index (χ1v) is 9.06. The molecule has 144 valence electrons. The van der Waals surface area contributed by atoms with Crippen LogP contribution in [-0.2, 0) is 13.0 Å². The molecule has 0 heterocycles. The number of hydrogen-bond acceptors (Lipinski definition) is 4. The van der Waals surface area contributed by atoms with Crippen molar-refractivity contribution >= 4 is 5.97 Å². The molecule has 5 heteroatoms. The number of phenolic OH excluding ortho intramolecular Hbond substituents is 1. The molecule has 3 aromatic rings. The second-order valence-electron chi connectivity index (χ2n) is 6.34. The molecule has 0 unspecified atom stereocenters. The fourth-order valence-electron chi connectivity index (χ4n) is 2.78. The SMILES string of the molecule is O=C(O)c1ccccc1COc1ccc(CCCOc2ccc(O)cc2)cc1. The number of ether oxygens (including phenoxy) is 2. The Morgan fingerprint density at radius 1 is 0.821 bits per heavy atom. The lowest BCUT2D eigenvalue weighted by Crippen LogP contribution is -2.05.